The first kappa shape index (κ1) is 13.2. The van der Waals surface area contributed by atoms with Gasteiger partial charge in [0.25, 0.3) is 0 Å². The second kappa shape index (κ2) is 8.32. The van der Waals surface area contributed by atoms with Gasteiger partial charge in [-0.3, -0.25) is 0 Å². The number of hydrogen-bond donors (Lipinski definition) is 0. The first-order chi connectivity index (χ1) is 7.83. The minimum absolute atomic E-state index is 0.270. The fourth-order valence-corrected chi connectivity index (χ4v) is 2.77. The van der Waals surface area contributed by atoms with Gasteiger partial charge in [0.15, 0.2) is 0 Å². The minimum atomic E-state index is 0.270. The van der Waals surface area contributed by atoms with Gasteiger partial charge in [-0.05, 0) is 0 Å². The average Bonchev–Trinajstić information content (AvgIpc) is 2.31. The van der Waals surface area contributed by atoms with Crippen LogP contribution in [0.5, 0.6) is 0 Å². The number of unbranched alkanes of at least 4 members (excludes halogenated alkanes) is 2. The zero-order chi connectivity index (χ0) is 11.6. The third-order valence-electron chi connectivity index (χ3n) is 2.23. The molecule has 0 radical (unpaired) electrons. The van der Waals surface area contributed by atoms with Gasteiger partial charge in [0, 0.05) is 0 Å². The Morgan fingerprint density at radius 3 is 2.69 bits per heavy atom. The van der Waals surface area contributed by atoms with Gasteiger partial charge in [-0.15, -0.1) is 0 Å². The van der Waals surface area contributed by atoms with E-state index in [9.17, 15) is 4.79 Å². The molecule has 0 aliphatic rings. The third-order valence-corrected chi connectivity index (χ3v) is 3.94. The predicted molar refractivity (Wildman–Crippen MR) is 70.1 cm³/mol. The maximum absolute atomic E-state index is 11.4. The summed E-state index contributed by atoms with van der Waals surface area (Å²) < 4.78 is 1.31. The van der Waals surface area contributed by atoms with Crippen molar-refractivity contribution in [1.82, 2.24) is 0 Å². The summed E-state index contributed by atoms with van der Waals surface area (Å²) in [5.74, 6) is 0.270. The molecule has 16 heavy (non-hydrogen) atoms. The Labute approximate surface area is 104 Å². The third kappa shape index (κ3) is 5.89. The van der Waals surface area contributed by atoms with Gasteiger partial charge in [0.05, 0.1) is 0 Å². The van der Waals surface area contributed by atoms with E-state index >= 15 is 0 Å². The van der Waals surface area contributed by atoms with E-state index in [4.69, 9.17) is 0 Å². The van der Waals surface area contributed by atoms with Crippen molar-refractivity contribution in [2.75, 3.05) is 0 Å². The summed E-state index contributed by atoms with van der Waals surface area (Å²) in [5, 5.41) is 0. The van der Waals surface area contributed by atoms with Crippen LogP contribution in [0.1, 0.15) is 32.6 Å². The molecule has 2 heteroatoms. The van der Waals surface area contributed by atoms with Crippen LogP contribution in [0.4, 0.5) is 0 Å². The van der Waals surface area contributed by atoms with E-state index in [1.807, 2.05) is 23.2 Å². The van der Waals surface area contributed by atoms with Crippen molar-refractivity contribution in [1.29, 1.82) is 0 Å². The molecule has 0 aliphatic heterocycles. The van der Waals surface area contributed by atoms with Crippen molar-refractivity contribution in [3.63, 3.8) is 0 Å². The summed E-state index contributed by atoms with van der Waals surface area (Å²) in [5.41, 5.74) is 0. The Morgan fingerprint density at radius 1 is 1.25 bits per heavy atom. The van der Waals surface area contributed by atoms with Crippen LogP contribution in [0.3, 0.4) is 0 Å². The van der Waals surface area contributed by atoms with Gasteiger partial charge in [0.1, 0.15) is 0 Å². The molecular weight excluding hydrogens is 263 g/mol. The Bertz CT molecular complexity index is 330. The molecular formula is C14H18OSe. The van der Waals surface area contributed by atoms with Crippen LogP contribution in [0.25, 0.3) is 0 Å². The van der Waals surface area contributed by atoms with Crippen LogP contribution in [-0.2, 0) is 4.79 Å². The number of ketones is 1. The molecule has 0 N–H and O–H groups in total. The van der Waals surface area contributed by atoms with Gasteiger partial charge in [0.2, 0.25) is 0 Å². The Morgan fingerprint density at radius 2 is 2.00 bits per heavy atom. The molecule has 0 spiro atoms. The monoisotopic (exact) mass is 282 g/mol. The number of carbonyl (C=O) groups is 1. The molecule has 0 unspecified atom stereocenters. The molecule has 0 saturated carbocycles. The van der Waals surface area contributed by atoms with Gasteiger partial charge >= 0.3 is 104 Å². The zero-order valence-electron chi connectivity index (χ0n) is 9.69. The predicted octanol–water partition coefficient (Wildman–Crippen LogP) is 2.68. The molecule has 1 aromatic rings. The second-order valence-corrected chi connectivity index (χ2v) is 5.71. The van der Waals surface area contributed by atoms with Gasteiger partial charge in [-0.25, -0.2) is 0 Å². The standard InChI is InChI=1S/C14H18OSe/c1-2-3-5-8-13(15)11-12-16-14-9-6-4-7-10-14/h4,6-7,9-12H,2-3,5,8H2,1H3/b12-11-. The van der Waals surface area contributed by atoms with Crippen molar-refractivity contribution >= 4 is 25.2 Å². The first-order valence-electron chi connectivity index (χ1n) is 5.74. The Balaban J connectivity index is 2.24. The number of carbonyl (C=O) groups excluding carboxylic acids is 1. The van der Waals surface area contributed by atoms with Crippen molar-refractivity contribution in [2.24, 2.45) is 0 Å². The van der Waals surface area contributed by atoms with E-state index in [0.29, 0.717) is 21.4 Å². The Kier molecular flexibility index (Phi) is 6.87. The summed E-state index contributed by atoms with van der Waals surface area (Å²) in [6.45, 7) is 2.15. The summed E-state index contributed by atoms with van der Waals surface area (Å²) in [7, 11) is 0. The van der Waals surface area contributed by atoms with E-state index in [2.05, 4.69) is 19.1 Å². The summed E-state index contributed by atoms with van der Waals surface area (Å²) in [6, 6.07) is 10.3. The van der Waals surface area contributed by atoms with Crippen molar-refractivity contribution < 1.29 is 4.79 Å². The normalized spacial score (nSPS) is 10.8. The van der Waals surface area contributed by atoms with Crippen molar-refractivity contribution in [3.05, 3.63) is 41.4 Å². The molecule has 0 aromatic heterocycles. The van der Waals surface area contributed by atoms with Crippen LogP contribution in [0.15, 0.2) is 41.4 Å². The van der Waals surface area contributed by atoms with Crippen molar-refractivity contribution in [3.8, 4) is 0 Å². The molecule has 0 aliphatic carbocycles. The molecule has 0 bridgehead atoms. The topological polar surface area (TPSA) is 17.1 Å². The number of benzene rings is 1. The first-order valence-corrected chi connectivity index (χ1v) is 7.58. The molecule has 1 nitrogen and oxygen atoms in total. The quantitative estimate of drug-likeness (QED) is 0.426. The number of allylic oxidation sites excluding steroid dienone is 1. The second-order valence-electron chi connectivity index (χ2n) is 3.66. The fraction of sp³-hybridized carbons (Fsp3) is 0.357. The van der Waals surface area contributed by atoms with Crippen LogP contribution in [0.2, 0.25) is 0 Å². The van der Waals surface area contributed by atoms with Gasteiger partial charge < -0.3 is 0 Å². The van der Waals surface area contributed by atoms with Gasteiger partial charge in [-0.1, -0.05) is 0 Å². The van der Waals surface area contributed by atoms with Crippen molar-refractivity contribution in [2.45, 2.75) is 32.6 Å². The van der Waals surface area contributed by atoms with Crippen LogP contribution in [0, 0.1) is 0 Å². The molecule has 0 atom stereocenters. The molecule has 1 aromatic carbocycles. The molecule has 0 saturated heterocycles. The van der Waals surface area contributed by atoms with E-state index in [0.717, 1.165) is 12.8 Å². The SMILES string of the molecule is CCCCCC(=O)/C=C\[Se]c1ccccc1. The molecule has 0 heterocycles. The Hall–Kier alpha value is -0.851. The zero-order valence-corrected chi connectivity index (χ0v) is 11.4. The average molecular weight is 281 g/mol. The number of rotatable bonds is 7. The van der Waals surface area contributed by atoms with E-state index < -0.39 is 0 Å². The fourth-order valence-electron chi connectivity index (χ4n) is 1.32. The van der Waals surface area contributed by atoms with E-state index in [1.165, 1.54) is 10.9 Å². The van der Waals surface area contributed by atoms with Crippen LogP contribution in [-0.4, -0.2) is 20.7 Å². The maximum atomic E-state index is 11.4. The summed E-state index contributed by atoms with van der Waals surface area (Å²) >= 11 is 0.293. The number of hydrogen-bond acceptors (Lipinski definition) is 1. The van der Waals surface area contributed by atoms with Gasteiger partial charge in [-0.2, -0.15) is 0 Å². The molecule has 86 valence electrons. The molecule has 0 amide bonds. The van der Waals surface area contributed by atoms with Crippen LogP contribution >= 0.6 is 0 Å². The molecule has 1 rings (SSSR count). The van der Waals surface area contributed by atoms with E-state index in [-0.39, 0.29) is 5.78 Å². The summed E-state index contributed by atoms with van der Waals surface area (Å²) in [6.07, 6.45) is 5.81. The van der Waals surface area contributed by atoms with Crippen LogP contribution < -0.4 is 4.46 Å². The molecule has 0 fully saturated rings. The van der Waals surface area contributed by atoms with E-state index in [1.54, 1.807) is 6.08 Å². The summed E-state index contributed by atoms with van der Waals surface area (Å²) in [4.78, 5) is 13.5.